The van der Waals surface area contributed by atoms with Gasteiger partial charge in [0.1, 0.15) is 23.8 Å². The molecule has 0 amide bonds. The van der Waals surface area contributed by atoms with Gasteiger partial charge in [-0.1, -0.05) is 39.7 Å². The topological polar surface area (TPSA) is 35.5 Å². The van der Waals surface area contributed by atoms with E-state index in [0.717, 1.165) is 0 Å². The lowest BCUT2D eigenvalue weighted by atomic mass is 10.3. The van der Waals surface area contributed by atoms with Gasteiger partial charge >= 0.3 is 5.97 Å². The smallest absolute Gasteiger partial charge is 0.316 e. The summed E-state index contributed by atoms with van der Waals surface area (Å²) in [6.07, 6.45) is -0.304. The van der Waals surface area contributed by atoms with Crippen LogP contribution in [0.3, 0.4) is 0 Å². The molecule has 3 nitrogen and oxygen atoms in total. The summed E-state index contributed by atoms with van der Waals surface area (Å²) in [6, 6.07) is 7.16. The number of hydrogen-bond donors (Lipinski definition) is 0. The molecule has 0 saturated carbocycles. The Morgan fingerprint density at radius 1 is 1.50 bits per heavy atom. The first-order chi connectivity index (χ1) is 7.63. The Bertz CT molecular complexity index is 357. The number of hydrogen-bond acceptors (Lipinski definition) is 3. The summed E-state index contributed by atoms with van der Waals surface area (Å²) in [5.74, 6) is 0.279. The van der Waals surface area contributed by atoms with E-state index in [1.54, 1.807) is 19.1 Å². The molecule has 1 atom stereocenters. The van der Waals surface area contributed by atoms with Gasteiger partial charge in [-0.05, 0) is 19.1 Å². The molecular formula is C11H12BrClO3. The number of para-hydroxylation sites is 1. The van der Waals surface area contributed by atoms with Gasteiger partial charge in [-0.15, -0.1) is 0 Å². The van der Waals surface area contributed by atoms with Crippen molar-refractivity contribution >= 4 is 33.5 Å². The van der Waals surface area contributed by atoms with Crippen LogP contribution in [-0.4, -0.2) is 24.0 Å². The number of esters is 1. The first kappa shape index (κ1) is 13.3. The molecule has 16 heavy (non-hydrogen) atoms. The van der Waals surface area contributed by atoms with Crippen LogP contribution in [0, 0.1) is 0 Å². The normalized spacial score (nSPS) is 11.9. The average molecular weight is 308 g/mol. The highest BCUT2D eigenvalue weighted by Gasteiger charge is 2.09. The van der Waals surface area contributed by atoms with Crippen LogP contribution >= 0.6 is 27.5 Å². The number of alkyl halides is 1. The third-order valence-corrected chi connectivity index (χ3v) is 2.52. The summed E-state index contributed by atoms with van der Waals surface area (Å²) in [5, 5.41) is 0.727. The number of rotatable bonds is 5. The van der Waals surface area contributed by atoms with Crippen molar-refractivity contribution < 1.29 is 14.3 Å². The van der Waals surface area contributed by atoms with E-state index in [1.165, 1.54) is 0 Å². The van der Waals surface area contributed by atoms with Crippen LogP contribution in [0.25, 0.3) is 0 Å². The van der Waals surface area contributed by atoms with Gasteiger partial charge in [-0.3, -0.25) is 4.79 Å². The Morgan fingerprint density at radius 2 is 2.19 bits per heavy atom. The molecule has 1 aromatic rings. The lowest BCUT2D eigenvalue weighted by Crippen LogP contribution is -2.22. The van der Waals surface area contributed by atoms with Gasteiger partial charge in [-0.2, -0.15) is 0 Å². The number of ether oxygens (including phenoxy) is 2. The van der Waals surface area contributed by atoms with E-state index in [2.05, 4.69) is 15.9 Å². The van der Waals surface area contributed by atoms with Crippen molar-refractivity contribution in [3.05, 3.63) is 29.3 Å². The molecule has 5 heteroatoms. The maximum atomic E-state index is 10.9. The van der Waals surface area contributed by atoms with Crippen LogP contribution in [0.5, 0.6) is 5.75 Å². The number of halogens is 2. The lowest BCUT2D eigenvalue weighted by Gasteiger charge is -2.14. The molecule has 88 valence electrons. The molecule has 1 aromatic carbocycles. The zero-order valence-electron chi connectivity index (χ0n) is 8.78. The molecule has 0 saturated heterocycles. The summed E-state index contributed by atoms with van der Waals surface area (Å²) < 4.78 is 10.4. The number of carbonyl (C=O) groups excluding carboxylic acids is 1. The molecule has 1 unspecified atom stereocenters. The van der Waals surface area contributed by atoms with Crippen LogP contribution in [0.2, 0.25) is 5.02 Å². The van der Waals surface area contributed by atoms with Crippen molar-refractivity contribution in [1.29, 1.82) is 0 Å². The molecular weight excluding hydrogens is 295 g/mol. The first-order valence-corrected chi connectivity index (χ1v) is 6.26. The van der Waals surface area contributed by atoms with Gasteiger partial charge in [0.25, 0.3) is 0 Å². The predicted molar refractivity (Wildman–Crippen MR) is 66.3 cm³/mol. The molecule has 0 N–H and O–H groups in total. The monoisotopic (exact) mass is 306 g/mol. The van der Waals surface area contributed by atoms with Crippen molar-refractivity contribution in [2.24, 2.45) is 0 Å². The Kier molecular flexibility index (Phi) is 5.63. The van der Waals surface area contributed by atoms with E-state index in [0.29, 0.717) is 10.8 Å². The second-order valence-corrected chi connectivity index (χ2v) is 4.14. The van der Waals surface area contributed by atoms with Crippen LogP contribution in [-0.2, 0) is 9.53 Å². The van der Waals surface area contributed by atoms with Gasteiger partial charge in [0, 0.05) is 0 Å². The van der Waals surface area contributed by atoms with Crippen molar-refractivity contribution in [2.45, 2.75) is 13.0 Å². The fourth-order valence-corrected chi connectivity index (χ4v) is 1.38. The molecule has 0 aliphatic carbocycles. The van der Waals surface area contributed by atoms with Gasteiger partial charge in [0.2, 0.25) is 0 Å². The zero-order valence-corrected chi connectivity index (χ0v) is 11.1. The number of benzene rings is 1. The third kappa shape index (κ3) is 4.41. The highest BCUT2D eigenvalue weighted by atomic mass is 79.9. The fourth-order valence-electron chi connectivity index (χ4n) is 1.06. The molecule has 0 fully saturated rings. The highest BCUT2D eigenvalue weighted by Crippen LogP contribution is 2.23. The van der Waals surface area contributed by atoms with Crippen LogP contribution in [0.4, 0.5) is 0 Å². The molecule has 0 heterocycles. The van der Waals surface area contributed by atoms with Crippen LogP contribution in [0.1, 0.15) is 6.92 Å². The molecule has 0 spiro atoms. The molecule has 0 aliphatic rings. The largest absolute Gasteiger partial charge is 0.488 e. The maximum absolute atomic E-state index is 10.9. The van der Waals surface area contributed by atoms with Crippen LogP contribution < -0.4 is 4.74 Å². The summed E-state index contributed by atoms with van der Waals surface area (Å²) in [5.41, 5.74) is 0. The molecule has 1 rings (SSSR count). The Labute approximate surface area is 108 Å². The summed E-state index contributed by atoms with van der Waals surface area (Å²) in [4.78, 5) is 10.9. The van der Waals surface area contributed by atoms with Crippen molar-refractivity contribution in [3.63, 3.8) is 0 Å². The Hall–Kier alpha value is -0.740. The second-order valence-electron chi connectivity index (χ2n) is 3.18. The van der Waals surface area contributed by atoms with Crippen molar-refractivity contribution in [2.75, 3.05) is 11.9 Å². The molecule has 0 radical (unpaired) electrons. The van der Waals surface area contributed by atoms with Gasteiger partial charge in [0.05, 0.1) is 5.02 Å². The summed E-state index contributed by atoms with van der Waals surface area (Å²) in [7, 11) is 0. The number of carbonyl (C=O) groups is 1. The van der Waals surface area contributed by atoms with Gasteiger partial charge in [0.15, 0.2) is 0 Å². The van der Waals surface area contributed by atoms with E-state index in [1.807, 2.05) is 12.1 Å². The molecule has 0 aliphatic heterocycles. The maximum Gasteiger partial charge on any atom is 0.316 e. The second kappa shape index (κ2) is 6.76. The van der Waals surface area contributed by atoms with E-state index in [4.69, 9.17) is 21.1 Å². The SMILES string of the molecule is CC(COc1ccccc1Cl)OC(=O)CBr. The minimum atomic E-state index is -0.310. The first-order valence-electron chi connectivity index (χ1n) is 4.76. The Balaban J connectivity index is 2.40. The van der Waals surface area contributed by atoms with E-state index < -0.39 is 0 Å². The summed E-state index contributed by atoms with van der Waals surface area (Å²) >= 11 is 8.91. The van der Waals surface area contributed by atoms with E-state index >= 15 is 0 Å². The quantitative estimate of drug-likeness (QED) is 0.619. The average Bonchev–Trinajstić information content (AvgIpc) is 2.28. The predicted octanol–water partition coefficient (Wildman–Crippen LogP) is 3.05. The minimum Gasteiger partial charge on any atom is -0.488 e. The van der Waals surface area contributed by atoms with Crippen molar-refractivity contribution in [1.82, 2.24) is 0 Å². The molecule has 0 aromatic heterocycles. The lowest BCUT2D eigenvalue weighted by molar-refractivity contribution is -0.146. The van der Waals surface area contributed by atoms with E-state index in [9.17, 15) is 4.79 Å². The standard InChI is InChI=1S/C11H12BrClO3/c1-8(16-11(14)6-12)7-15-10-5-3-2-4-9(10)13/h2-5,8H,6-7H2,1H3. The van der Waals surface area contributed by atoms with Crippen LogP contribution in [0.15, 0.2) is 24.3 Å². The minimum absolute atomic E-state index is 0.184. The highest BCUT2D eigenvalue weighted by molar-refractivity contribution is 9.09. The Morgan fingerprint density at radius 3 is 2.81 bits per heavy atom. The fraction of sp³-hybridized carbons (Fsp3) is 0.364. The third-order valence-electron chi connectivity index (χ3n) is 1.75. The van der Waals surface area contributed by atoms with Crippen molar-refractivity contribution in [3.8, 4) is 5.75 Å². The van der Waals surface area contributed by atoms with Gasteiger partial charge in [-0.25, -0.2) is 0 Å². The van der Waals surface area contributed by atoms with Gasteiger partial charge < -0.3 is 9.47 Å². The zero-order chi connectivity index (χ0) is 12.0. The molecule has 0 bridgehead atoms. The summed E-state index contributed by atoms with van der Waals surface area (Å²) in [6.45, 7) is 2.04. The van der Waals surface area contributed by atoms with E-state index in [-0.39, 0.29) is 24.0 Å².